The maximum absolute atomic E-state index is 12.3. The number of nitrogens with two attached hydrogens (primary N) is 1. The van der Waals surface area contributed by atoms with E-state index >= 15 is 0 Å². The summed E-state index contributed by atoms with van der Waals surface area (Å²) in [6.07, 6.45) is 9.84. The molecule has 2 aliphatic carbocycles. The first-order valence-electron chi connectivity index (χ1n) is 9.32. The highest BCUT2D eigenvalue weighted by Gasteiger charge is 2.27. The van der Waals surface area contributed by atoms with Crippen LogP contribution in [0, 0.1) is 5.92 Å². The van der Waals surface area contributed by atoms with Gasteiger partial charge in [-0.3, -0.25) is 4.79 Å². The van der Waals surface area contributed by atoms with Gasteiger partial charge in [-0.15, -0.1) is 0 Å². The summed E-state index contributed by atoms with van der Waals surface area (Å²) in [6.45, 7) is 0. The molecular weight excluding hydrogens is 284 g/mol. The predicted octanol–water partition coefficient (Wildman–Crippen LogP) is 3.74. The second kappa shape index (κ2) is 7.96. The number of carbonyl (C=O) groups excluding carboxylic acids is 1. The molecule has 0 spiro atoms. The highest BCUT2D eigenvalue weighted by Crippen LogP contribution is 2.33. The van der Waals surface area contributed by atoms with E-state index in [1.807, 2.05) is 0 Å². The minimum Gasteiger partial charge on any atom is -0.353 e. The summed E-state index contributed by atoms with van der Waals surface area (Å²) in [4.78, 5) is 12.3. The molecule has 0 aliphatic heterocycles. The molecule has 1 aromatic carbocycles. The van der Waals surface area contributed by atoms with E-state index in [2.05, 4.69) is 35.6 Å². The standard InChI is InChI=1S/C20H30N2O/c21-19-9-5-4-8-17(19)14-20(23)22-18-12-10-16(11-13-18)15-6-2-1-3-7-15/h1-3,6-7,16-19H,4-5,8-14,21H2,(H,22,23). The van der Waals surface area contributed by atoms with E-state index in [1.54, 1.807) is 0 Å². The Morgan fingerprint density at radius 1 is 1.00 bits per heavy atom. The van der Waals surface area contributed by atoms with E-state index in [4.69, 9.17) is 5.73 Å². The lowest BCUT2D eigenvalue weighted by molar-refractivity contribution is -0.123. The molecule has 2 unspecified atom stereocenters. The second-order valence-electron chi connectivity index (χ2n) is 7.44. The summed E-state index contributed by atoms with van der Waals surface area (Å²) in [5, 5.41) is 3.26. The molecular formula is C20H30N2O. The predicted molar refractivity (Wildman–Crippen MR) is 94.1 cm³/mol. The highest BCUT2D eigenvalue weighted by molar-refractivity contribution is 5.76. The minimum absolute atomic E-state index is 0.218. The Balaban J connectivity index is 1.42. The van der Waals surface area contributed by atoms with Gasteiger partial charge in [0.1, 0.15) is 0 Å². The number of hydrogen-bond donors (Lipinski definition) is 2. The van der Waals surface area contributed by atoms with Gasteiger partial charge in [-0.1, -0.05) is 43.2 Å². The third kappa shape index (κ3) is 4.57. The van der Waals surface area contributed by atoms with E-state index in [0.717, 1.165) is 25.7 Å². The van der Waals surface area contributed by atoms with Gasteiger partial charge >= 0.3 is 0 Å². The molecule has 0 aromatic heterocycles. The van der Waals surface area contributed by atoms with E-state index in [9.17, 15) is 4.79 Å². The quantitative estimate of drug-likeness (QED) is 0.889. The van der Waals surface area contributed by atoms with Crippen molar-refractivity contribution in [2.24, 2.45) is 11.7 Å². The van der Waals surface area contributed by atoms with E-state index in [-0.39, 0.29) is 11.9 Å². The molecule has 23 heavy (non-hydrogen) atoms. The maximum Gasteiger partial charge on any atom is 0.220 e. The van der Waals surface area contributed by atoms with Gasteiger partial charge in [0.05, 0.1) is 0 Å². The van der Waals surface area contributed by atoms with Crippen LogP contribution in [0.25, 0.3) is 0 Å². The summed E-state index contributed by atoms with van der Waals surface area (Å²) in [5.74, 6) is 1.27. The first-order chi connectivity index (χ1) is 11.2. The fourth-order valence-electron chi connectivity index (χ4n) is 4.31. The Morgan fingerprint density at radius 2 is 1.70 bits per heavy atom. The van der Waals surface area contributed by atoms with E-state index in [0.29, 0.717) is 24.3 Å². The first kappa shape index (κ1) is 16.5. The number of hydrogen-bond acceptors (Lipinski definition) is 2. The molecule has 2 atom stereocenters. The van der Waals surface area contributed by atoms with Gasteiger partial charge in [0, 0.05) is 18.5 Å². The molecule has 2 fully saturated rings. The van der Waals surface area contributed by atoms with E-state index in [1.165, 1.54) is 31.2 Å². The third-order valence-electron chi connectivity index (χ3n) is 5.78. The number of nitrogens with one attached hydrogen (secondary N) is 1. The van der Waals surface area contributed by atoms with Gasteiger partial charge in [-0.05, 0) is 55.9 Å². The average molecular weight is 314 g/mol. The molecule has 0 bridgehead atoms. The Labute approximate surface area is 140 Å². The van der Waals surface area contributed by atoms with Gasteiger partial charge in [-0.25, -0.2) is 0 Å². The average Bonchev–Trinajstić information content (AvgIpc) is 2.58. The summed E-state index contributed by atoms with van der Waals surface area (Å²) < 4.78 is 0. The lowest BCUT2D eigenvalue weighted by Gasteiger charge is -2.31. The fourth-order valence-corrected chi connectivity index (χ4v) is 4.31. The van der Waals surface area contributed by atoms with E-state index < -0.39 is 0 Å². The Bertz CT molecular complexity index is 494. The van der Waals surface area contributed by atoms with Crippen molar-refractivity contribution in [2.45, 2.75) is 75.8 Å². The molecule has 1 amide bonds. The minimum atomic E-state index is 0.218. The van der Waals surface area contributed by atoms with Gasteiger partial charge in [0.2, 0.25) is 5.91 Å². The molecule has 1 aromatic rings. The Morgan fingerprint density at radius 3 is 2.39 bits per heavy atom. The van der Waals surface area contributed by atoms with Crippen LogP contribution in [-0.4, -0.2) is 18.0 Å². The zero-order valence-corrected chi connectivity index (χ0v) is 14.0. The topological polar surface area (TPSA) is 55.1 Å². The van der Waals surface area contributed by atoms with Crippen molar-refractivity contribution in [3.05, 3.63) is 35.9 Å². The molecule has 2 saturated carbocycles. The maximum atomic E-state index is 12.3. The zero-order chi connectivity index (χ0) is 16.1. The lowest BCUT2D eigenvalue weighted by Crippen LogP contribution is -2.41. The largest absolute Gasteiger partial charge is 0.353 e. The van der Waals surface area contributed by atoms with Crippen LogP contribution in [0.3, 0.4) is 0 Å². The Hall–Kier alpha value is -1.35. The second-order valence-corrected chi connectivity index (χ2v) is 7.44. The zero-order valence-electron chi connectivity index (χ0n) is 14.0. The molecule has 2 aliphatic rings. The van der Waals surface area contributed by atoms with Crippen LogP contribution >= 0.6 is 0 Å². The molecule has 3 rings (SSSR count). The van der Waals surface area contributed by atoms with Crippen LogP contribution in [0.1, 0.15) is 69.3 Å². The molecule has 0 heterocycles. The van der Waals surface area contributed by atoms with Crippen molar-refractivity contribution in [3.63, 3.8) is 0 Å². The van der Waals surface area contributed by atoms with Crippen LogP contribution in [0.4, 0.5) is 0 Å². The molecule has 3 N–H and O–H groups in total. The number of amides is 1. The fraction of sp³-hybridized carbons (Fsp3) is 0.650. The number of carbonyl (C=O) groups is 1. The van der Waals surface area contributed by atoms with Crippen LogP contribution in [-0.2, 0) is 4.79 Å². The molecule has 0 saturated heterocycles. The van der Waals surface area contributed by atoms with Crippen molar-refractivity contribution < 1.29 is 4.79 Å². The molecule has 3 nitrogen and oxygen atoms in total. The summed E-state index contributed by atoms with van der Waals surface area (Å²) in [5.41, 5.74) is 7.61. The van der Waals surface area contributed by atoms with Gasteiger partial charge < -0.3 is 11.1 Å². The van der Waals surface area contributed by atoms with Crippen LogP contribution in [0.5, 0.6) is 0 Å². The van der Waals surface area contributed by atoms with Crippen LogP contribution in [0.2, 0.25) is 0 Å². The van der Waals surface area contributed by atoms with Crippen LogP contribution in [0.15, 0.2) is 30.3 Å². The number of benzene rings is 1. The van der Waals surface area contributed by atoms with Crippen molar-refractivity contribution >= 4 is 5.91 Å². The molecule has 3 heteroatoms. The Kier molecular flexibility index (Phi) is 5.71. The van der Waals surface area contributed by atoms with Gasteiger partial charge in [0.25, 0.3) is 0 Å². The summed E-state index contributed by atoms with van der Waals surface area (Å²) >= 11 is 0. The third-order valence-corrected chi connectivity index (χ3v) is 5.78. The highest BCUT2D eigenvalue weighted by atomic mass is 16.1. The first-order valence-corrected chi connectivity index (χ1v) is 9.32. The van der Waals surface area contributed by atoms with Crippen molar-refractivity contribution in [2.75, 3.05) is 0 Å². The summed E-state index contributed by atoms with van der Waals surface area (Å²) in [6, 6.07) is 11.4. The smallest absolute Gasteiger partial charge is 0.220 e. The number of rotatable bonds is 4. The van der Waals surface area contributed by atoms with Crippen molar-refractivity contribution in [1.29, 1.82) is 0 Å². The SMILES string of the molecule is NC1CCCCC1CC(=O)NC1CCC(c2ccccc2)CC1. The van der Waals surface area contributed by atoms with Gasteiger partial charge in [0.15, 0.2) is 0 Å². The monoisotopic (exact) mass is 314 g/mol. The van der Waals surface area contributed by atoms with Crippen molar-refractivity contribution in [1.82, 2.24) is 5.32 Å². The molecule has 0 radical (unpaired) electrons. The summed E-state index contributed by atoms with van der Waals surface area (Å²) in [7, 11) is 0. The van der Waals surface area contributed by atoms with Crippen LogP contribution < -0.4 is 11.1 Å². The normalized spacial score (nSPS) is 31.5. The lowest BCUT2D eigenvalue weighted by atomic mass is 9.81. The van der Waals surface area contributed by atoms with Gasteiger partial charge in [-0.2, -0.15) is 0 Å². The molecule has 126 valence electrons. The van der Waals surface area contributed by atoms with Crippen molar-refractivity contribution in [3.8, 4) is 0 Å².